The second-order valence-corrected chi connectivity index (χ2v) is 9.32. The van der Waals surface area contributed by atoms with Crippen LogP contribution in [0, 0.1) is 0 Å². The van der Waals surface area contributed by atoms with E-state index in [1.807, 2.05) is 0 Å². The van der Waals surface area contributed by atoms with Crippen molar-refractivity contribution in [2.45, 2.75) is 14.9 Å². The molecule has 0 aliphatic rings. The number of sulfonamides is 1. The number of nitrogens with two attached hydrogens (primary N) is 1. The van der Waals surface area contributed by atoms with Gasteiger partial charge in [-0.15, -0.1) is 5.10 Å². The number of phenols is 1. The van der Waals surface area contributed by atoms with Gasteiger partial charge in [0.05, 0.1) is 16.3 Å². The van der Waals surface area contributed by atoms with Gasteiger partial charge in [-0.2, -0.15) is 0 Å². The number of benzene rings is 3. The number of nitrogens with one attached hydrogen (secondary N) is 2. The molecule has 0 aliphatic carbocycles. The number of fused-ring (bicyclic) bond motifs is 1. The molecule has 0 atom stereocenters. The molecule has 1 aromatic heterocycles. The number of para-hydroxylation sites is 1. The van der Waals surface area contributed by atoms with E-state index >= 15 is 0 Å². The first kappa shape index (κ1) is 21.5. The Labute approximate surface area is 188 Å². The minimum atomic E-state index is -4.04. The van der Waals surface area contributed by atoms with Crippen molar-refractivity contribution in [1.29, 1.82) is 0 Å². The number of phenolic OH excluding ortho intramolecular Hbond substituents is 1. The van der Waals surface area contributed by atoms with Crippen LogP contribution in [0.4, 0.5) is 11.4 Å². The average Bonchev–Trinajstić information content (AvgIpc) is 3.29. The first-order valence-electron chi connectivity index (χ1n) is 9.39. The summed E-state index contributed by atoms with van der Waals surface area (Å²) < 4.78 is 29.2. The highest BCUT2D eigenvalue weighted by Crippen LogP contribution is 2.42. The van der Waals surface area contributed by atoms with Crippen LogP contribution in [-0.2, 0) is 10.0 Å². The first-order chi connectivity index (χ1) is 15.4. The number of aromatic nitrogens is 3. The first-order valence-corrected chi connectivity index (χ1v) is 11.7. The van der Waals surface area contributed by atoms with Crippen molar-refractivity contribution in [3.63, 3.8) is 0 Å². The molecule has 4 rings (SSSR count). The van der Waals surface area contributed by atoms with Crippen molar-refractivity contribution in [2.75, 3.05) is 10.5 Å². The third-order valence-corrected chi connectivity index (χ3v) is 6.95. The second kappa shape index (κ2) is 8.77. The van der Waals surface area contributed by atoms with Crippen LogP contribution in [0.25, 0.3) is 16.8 Å². The number of allylic oxidation sites excluding steroid dienone is 2. The van der Waals surface area contributed by atoms with Crippen LogP contribution in [-0.4, -0.2) is 28.7 Å². The predicted molar refractivity (Wildman–Crippen MR) is 127 cm³/mol. The molecule has 8 nitrogen and oxygen atoms in total. The Morgan fingerprint density at radius 3 is 2.66 bits per heavy atom. The van der Waals surface area contributed by atoms with Gasteiger partial charge in [-0.1, -0.05) is 61.2 Å². The predicted octanol–water partition coefficient (Wildman–Crippen LogP) is 4.40. The van der Waals surface area contributed by atoms with E-state index in [0.717, 1.165) is 11.8 Å². The molecule has 32 heavy (non-hydrogen) atoms. The second-order valence-electron chi connectivity index (χ2n) is 6.66. The van der Waals surface area contributed by atoms with Gasteiger partial charge in [0.15, 0.2) is 0 Å². The van der Waals surface area contributed by atoms with E-state index in [0.29, 0.717) is 32.1 Å². The summed E-state index contributed by atoms with van der Waals surface area (Å²) in [4.78, 5) is 4.39. The third-order valence-electron chi connectivity index (χ3n) is 4.62. The average molecular weight is 466 g/mol. The Kier molecular flexibility index (Phi) is 5.89. The molecule has 0 bridgehead atoms. The van der Waals surface area contributed by atoms with Gasteiger partial charge in [-0.05, 0) is 29.5 Å². The zero-order valence-corrected chi connectivity index (χ0v) is 18.3. The normalized spacial score (nSPS) is 11.8. The highest BCUT2D eigenvalue weighted by Gasteiger charge is 2.22. The van der Waals surface area contributed by atoms with Gasteiger partial charge in [-0.25, -0.2) is 13.4 Å². The van der Waals surface area contributed by atoms with Crippen molar-refractivity contribution in [3.8, 4) is 5.75 Å². The maximum atomic E-state index is 13.3. The van der Waals surface area contributed by atoms with Gasteiger partial charge < -0.3 is 10.8 Å². The Morgan fingerprint density at radius 2 is 1.94 bits per heavy atom. The number of H-pyrrole nitrogens is 1. The topological polar surface area (TPSA) is 134 Å². The maximum Gasteiger partial charge on any atom is 0.263 e. The number of nitrogens with zero attached hydrogens (tertiary/aromatic N) is 2. The van der Waals surface area contributed by atoms with E-state index in [9.17, 15) is 13.5 Å². The summed E-state index contributed by atoms with van der Waals surface area (Å²) >= 11 is 1.10. The molecule has 10 heteroatoms. The Morgan fingerprint density at radius 1 is 1.16 bits per heavy atom. The van der Waals surface area contributed by atoms with E-state index in [1.165, 1.54) is 12.4 Å². The van der Waals surface area contributed by atoms with E-state index in [4.69, 9.17) is 5.73 Å². The SMILES string of the molecule is C=C/C=C\c1cccc(S(=O)(=O)Nc2cc(Sc3nc[nH]n3)c(O)c3ccccc23)c1N. The summed E-state index contributed by atoms with van der Waals surface area (Å²) in [5.41, 5.74) is 7.13. The van der Waals surface area contributed by atoms with Gasteiger partial charge in [0.2, 0.25) is 5.16 Å². The standard InChI is InChI=1S/C22H19N5O3S2/c1-2-3-7-14-8-6-11-19(20(14)23)32(29,30)27-17-12-18(31-22-24-13-25-26-22)21(28)16-10-5-4-9-15(16)17/h2-13,27-28H,1,23H2,(H,24,25,26)/b7-3-. The van der Waals surface area contributed by atoms with Crippen molar-refractivity contribution < 1.29 is 13.5 Å². The van der Waals surface area contributed by atoms with Crippen LogP contribution in [0.3, 0.4) is 0 Å². The molecule has 0 spiro atoms. The van der Waals surface area contributed by atoms with Gasteiger partial charge in [-0.3, -0.25) is 9.82 Å². The minimum Gasteiger partial charge on any atom is -0.506 e. The van der Waals surface area contributed by atoms with Gasteiger partial charge in [0.1, 0.15) is 17.0 Å². The minimum absolute atomic E-state index is 0.00872. The van der Waals surface area contributed by atoms with Crippen molar-refractivity contribution in [1.82, 2.24) is 15.2 Å². The number of rotatable bonds is 7. The van der Waals surface area contributed by atoms with Crippen LogP contribution in [0.1, 0.15) is 5.56 Å². The Balaban J connectivity index is 1.81. The summed E-state index contributed by atoms with van der Waals surface area (Å²) in [6, 6.07) is 13.3. The molecular formula is C22H19N5O3S2. The maximum absolute atomic E-state index is 13.3. The quantitative estimate of drug-likeness (QED) is 0.181. The summed E-state index contributed by atoms with van der Waals surface area (Å²) in [6.07, 6.45) is 6.36. The molecule has 3 aromatic carbocycles. The molecule has 0 unspecified atom stereocenters. The molecule has 162 valence electrons. The third kappa shape index (κ3) is 4.18. The van der Waals surface area contributed by atoms with Crippen LogP contribution < -0.4 is 10.5 Å². The number of aromatic amines is 1. The number of nitrogen functional groups attached to an aromatic ring is 1. The Hall–Kier alpha value is -3.76. The molecule has 0 saturated carbocycles. The van der Waals surface area contributed by atoms with E-state index in [-0.39, 0.29) is 16.3 Å². The number of hydrogen-bond donors (Lipinski definition) is 4. The molecule has 0 amide bonds. The molecular weight excluding hydrogens is 446 g/mol. The number of hydrogen-bond acceptors (Lipinski definition) is 7. The van der Waals surface area contributed by atoms with Gasteiger partial charge >= 0.3 is 0 Å². The lowest BCUT2D eigenvalue weighted by Crippen LogP contribution is -2.15. The summed E-state index contributed by atoms with van der Waals surface area (Å²) in [5, 5.41) is 18.7. The van der Waals surface area contributed by atoms with Crippen LogP contribution in [0.2, 0.25) is 0 Å². The van der Waals surface area contributed by atoms with Crippen LogP contribution in [0.15, 0.2) is 88.5 Å². The van der Waals surface area contributed by atoms with E-state index < -0.39 is 10.0 Å². The fourth-order valence-electron chi connectivity index (χ4n) is 3.15. The summed E-state index contributed by atoms with van der Waals surface area (Å²) in [6.45, 7) is 3.61. The molecule has 0 radical (unpaired) electrons. The van der Waals surface area contributed by atoms with Crippen molar-refractivity contribution in [3.05, 3.63) is 79.2 Å². The van der Waals surface area contributed by atoms with Crippen molar-refractivity contribution >= 4 is 50.0 Å². The zero-order valence-electron chi connectivity index (χ0n) is 16.7. The van der Waals surface area contributed by atoms with Crippen LogP contribution >= 0.6 is 11.8 Å². The highest BCUT2D eigenvalue weighted by molar-refractivity contribution is 7.99. The summed E-state index contributed by atoms with van der Waals surface area (Å²) in [5.74, 6) is 0.00872. The fourth-order valence-corrected chi connectivity index (χ4v) is 5.17. The molecule has 4 aromatic rings. The Bertz CT molecular complexity index is 1430. The molecule has 0 fully saturated rings. The summed E-state index contributed by atoms with van der Waals surface area (Å²) in [7, 11) is -4.04. The van der Waals surface area contributed by atoms with E-state index in [1.54, 1.807) is 60.7 Å². The number of anilines is 2. The van der Waals surface area contributed by atoms with Crippen LogP contribution in [0.5, 0.6) is 5.75 Å². The van der Waals surface area contributed by atoms with Crippen molar-refractivity contribution in [2.24, 2.45) is 0 Å². The lowest BCUT2D eigenvalue weighted by Gasteiger charge is -2.15. The van der Waals surface area contributed by atoms with Gasteiger partial charge in [0, 0.05) is 10.8 Å². The largest absolute Gasteiger partial charge is 0.506 e. The monoisotopic (exact) mass is 465 g/mol. The molecule has 0 aliphatic heterocycles. The smallest absolute Gasteiger partial charge is 0.263 e. The lowest BCUT2D eigenvalue weighted by atomic mass is 10.1. The highest BCUT2D eigenvalue weighted by atomic mass is 32.2. The van der Waals surface area contributed by atoms with Gasteiger partial charge in [0.25, 0.3) is 10.0 Å². The van der Waals surface area contributed by atoms with E-state index in [2.05, 4.69) is 26.5 Å². The molecule has 0 saturated heterocycles. The molecule has 1 heterocycles. The number of aromatic hydroxyl groups is 1. The molecule has 5 N–H and O–H groups in total. The lowest BCUT2D eigenvalue weighted by molar-refractivity contribution is 0.469. The fraction of sp³-hybridized carbons (Fsp3) is 0. The zero-order chi connectivity index (χ0) is 22.7.